The van der Waals surface area contributed by atoms with Gasteiger partial charge in [-0.25, -0.2) is 0 Å². The monoisotopic (exact) mass is 200 g/mol. The minimum absolute atomic E-state index is 0.417. The van der Waals surface area contributed by atoms with Crippen LogP contribution in [0.15, 0.2) is 6.07 Å². The van der Waals surface area contributed by atoms with E-state index in [-0.39, 0.29) is 0 Å². The molecule has 0 aliphatic carbocycles. The average molecular weight is 201 g/mol. The van der Waals surface area contributed by atoms with Crippen molar-refractivity contribution in [1.82, 2.24) is 0 Å². The first kappa shape index (κ1) is 9.22. The van der Waals surface area contributed by atoms with Crippen molar-refractivity contribution in [1.29, 1.82) is 0 Å². The van der Waals surface area contributed by atoms with Gasteiger partial charge in [0.15, 0.2) is 5.02 Å². The summed E-state index contributed by atoms with van der Waals surface area (Å²) in [6, 6.07) is 5.22. The Labute approximate surface area is 77.0 Å². The van der Waals surface area contributed by atoms with Gasteiger partial charge in [-0.3, -0.25) is 20.2 Å². The van der Waals surface area contributed by atoms with Crippen LogP contribution in [0.1, 0.15) is 0 Å². The topological polar surface area (TPSA) is 86.3 Å². The number of rotatable bonds is 2. The van der Waals surface area contributed by atoms with Crippen molar-refractivity contribution in [3.05, 3.63) is 43.5 Å². The fourth-order valence-electron chi connectivity index (χ4n) is 0.721. The van der Waals surface area contributed by atoms with Gasteiger partial charge in [-0.1, -0.05) is 17.7 Å². The highest BCUT2D eigenvalue weighted by atomic mass is 35.5. The lowest BCUT2D eigenvalue weighted by Crippen LogP contribution is -1.96. The molecule has 0 heterocycles. The lowest BCUT2D eigenvalue weighted by Gasteiger charge is -1.92. The van der Waals surface area contributed by atoms with Gasteiger partial charge in [0.05, 0.1) is 15.9 Å². The summed E-state index contributed by atoms with van der Waals surface area (Å²) >= 11 is 5.34. The third-order valence-corrected chi connectivity index (χ3v) is 1.49. The molecule has 0 saturated carbocycles. The van der Waals surface area contributed by atoms with Crippen LogP contribution in [0, 0.1) is 32.4 Å². The molecule has 0 aliphatic rings. The zero-order chi connectivity index (χ0) is 10.0. The quantitative estimate of drug-likeness (QED) is 0.538. The normalized spacial score (nSPS) is 9.00. The Kier molecular flexibility index (Phi) is 2.30. The summed E-state index contributed by atoms with van der Waals surface area (Å²) in [6.45, 7) is 0. The summed E-state index contributed by atoms with van der Waals surface area (Å²) in [5, 5.41) is 20.2. The zero-order valence-corrected chi connectivity index (χ0v) is 6.74. The lowest BCUT2D eigenvalue weighted by molar-refractivity contribution is -0.422. The SMILES string of the molecule is O=[N+]([O-])c1cc#cc(Cl)c1[N+](=O)[O-]. The lowest BCUT2D eigenvalue weighted by atomic mass is 10.3. The van der Waals surface area contributed by atoms with Crippen LogP contribution in [0.4, 0.5) is 11.4 Å². The molecule has 0 unspecified atom stereocenters. The average Bonchev–Trinajstić information content (AvgIpc) is 2.02. The van der Waals surface area contributed by atoms with E-state index in [1.807, 2.05) is 0 Å². The van der Waals surface area contributed by atoms with E-state index >= 15 is 0 Å². The predicted molar refractivity (Wildman–Crippen MR) is 42.4 cm³/mol. The molecule has 0 amide bonds. The van der Waals surface area contributed by atoms with E-state index in [1.165, 1.54) is 0 Å². The predicted octanol–water partition coefficient (Wildman–Crippen LogP) is 1.76. The van der Waals surface area contributed by atoms with Crippen molar-refractivity contribution in [2.45, 2.75) is 0 Å². The Morgan fingerprint density at radius 3 is 2.31 bits per heavy atom. The van der Waals surface area contributed by atoms with Crippen molar-refractivity contribution in [3.63, 3.8) is 0 Å². The molecule has 6 nitrogen and oxygen atoms in total. The maximum absolute atomic E-state index is 10.3. The molecule has 0 aliphatic heterocycles. The van der Waals surface area contributed by atoms with E-state index in [4.69, 9.17) is 11.6 Å². The van der Waals surface area contributed by atoms with Crippen molar-refractivity contribution in [2.75, 3.05) is 0 Å². The van der Waals surface area contributed by atoms with Crippen LogP contribution in [0.5, 0.6) is 0 Å². The van der Waals surface area contributed by atoms with Crippen LogP contribution in [0.3, 0.4) is 0 Å². The van der Waals surface area contributed by atoms with Crippen LogP contribution in [0.25, 0.3) is 0 Å². The summed E-state index contributed by atoms with van der Waals surface area (Å²) in [5.74, 6) is 0. The number of halogens is 1. The summed E-state index contributed by atoms with van der Waals surface area (Å²) in [5.41, 5.74) is -1.45. The number of hydrogen-bond acceptors (Lipinski definition) is 4. The molecule has 1 aromatic carbocycles. The second-order valence-electron chi connectivity index (χ2n) is 1.98. The maximum atomic E-state index is 10.3. The van der Waals surface area contributed by atoms with Gasteiger partial charge in [0.1, 0.15) is 0 Å². The van der Waals surface area contributed by atoms with Gasteiger partial charge in [0.25, 0.3) is 0 Å². The Balaban J connectivity index is 3.43. The molecule has 0 spiro atoms. The first-order valence-electron chi connectivity index (χ1n) is 2.94. The number of hydrogen-bond donors (Lipinski definition) is 0. The van der Waals surface area contributed by atoms with Crippen LogP contribution in [-0.2, 0) is 0 Å². The molecule has 13 heavy (non-hydrogen) atoms. The van der Waals surface area contributed by atoms with E-state index < -0.39 is 26.2 Å². The molecule has 0 aromatic heterocycles. The van der Waals surface area contributed by atoms with Crippen molar-refractivity contribution >= 4 is 23.0 Å². The van der Waals surface area contributed by atoms with Gasteiger partial charge in [-0.05, 0) is 6.07 Å². The third kappa shape index (κ3) is 1.65. The summed E-state index contributed by atoms with van der Waals surface area (Å²) in [7, 11) is 0. The van der Waals surface area contributed by atoms with Crippen LogP contribution >= 0.6 is 11.6 Å². The molecular formula is C6HClN2O4. The van der Waals surface area contributed by atoms with Crippen LogP contribution in [0.2, 0.25) is 5.02 Å². The van der Waals surface area contributed by atoms with Gasteiger partial charge >= 0.3 is 11.4 Å². The first-order valence-corrected chi connectivity index (χ1v) is 3.32. The molecule has 0 fully saturated rings. The fraction of sp³-hybridized carbons (Fsp3) is 0. The summed E-state index contributed by atoms with van der Waals surface area (Å²) in [4.78, 5) is 18.8. The molecule has 1 rings (SSSR count). The third-order valence-electron chi connectivity index (χ3n) is 1.22. The maximum Gasteiger partial charge on any atom is 0.373 e. The zero-order valence-electron chi connectivity index (χ0n) is 5.98. The molecule has 0 N–H and O–H groups in total. The minimum atomic E-state index is -0.926. The highest BCUT2D eigenvalue weighted by Crippen LogP contribution is 2.31. The standard InChI is InChI=1S/C6HClN2O4/c7-4-2-1-3-5(8(10)11)6(4)9(12)13/h3H. The van der Waals surface area contributed by atoms with Crippen molar-refractivity contribution in [2.24, 2.45) is 0 Å². The summed E-state index contributed by atoms with van der Waals surface area (Å²) in [6.07, 6.45) is 0. The van der Waals surface area contributed by atoms with Gasteiger partial charge in [-0.15, -0.1) is 0 Å². The van der Waals surface area contributed by atoms with Gasteiger partial charge < -0.3 is 0 Å². The minimum Gasteiger partial charge on any atom is -0.258 e. The smallest absolute Gasteiger partial charge is 0.258 e. The molecule has 7 heteroatoms. The van der Waals surface area contributed by atoms with E-state index in [0.717, 1.165) is 6.07 Å². The number of nitro groups is 2. The van der Waals surface area contributed by atoms with Gasteiger partial charge in [0.2, 0.25) is 0 Å². The molecule has 0 atom stereocenters. The molecule has 1 aromatic rings. The molecule has 66 valence electrons. The first-order chi connectivity index (χ1) is 6.04. The highest BCUT2D eigenvalue weighted by molar-refractivity contribution is 6.32. The number of nitrogens with zero attached hydrogens (tertiary/aromatic N) is 2. The Morgan fingerprint density at radius 1 is 1.31 bits per heavy atom. The van der Waals surface area contributed by atoms with E-state index in [1.54, 1.807) is 0 Å². The van der Waals surface area contributed by atoms with E-state index in [0.29, 0.717) is 0 Å². The van der Waals surface area contributed by atoms with Crippen molar-refractivity contribution < 1.29 is 9.85 Å². The Morgan fingerprint density at radius 2 is 1.92 bits per heavy atom. The van der Waals surface area contributed by atoms with Crippen LogP contribution < -0.4 is 0 Å². The van der Waals surface area contributed by atoms with Crippen LogP contribution in [-0.4, -0.2) is 9.85 Å². The van der Waals surface area contributed by atoms with Gasteiger partial charge in [0, 0.05) is 0 Å². The Bertz CT molecular complexity index is 379. The molecule has 0 radical (unpaired) electrons. The molecular weight excluding hydrogens is 200 g/mol. The largest absolute Gasteiger partial charge is 0.373 e. The highest BCUT2D eigenvalue weighted by Gasteiger charge is 2.27. The fourth-order valence-corrected chi connectivity index (χ4v) is 0.941. The van der Waals surface area contributed by atoms with Gasteiger partial charge in [-0.2, -0.15) is 0 Å². The Hall–Kier alpha value is -1.87. The van der Waals surface area contributed by atoms with E-state index in [2.05, 4.69) is 12.1 Å². The molecule has 0 bridgehead atoms. The van der Waals surface area contributed by atoms with E-state index in [9.17, 15) is 20.2 Å². The summed E-state index contributed by atoms with van der Waals surface area (Å²) < 4.78 is 0. The van der Waals surface area contributed by atoms with Crippen molar-refractivity contribution in [3.8, 4) is 0 Å². The second-order valence-corrected chi connectivity index (χ2v) is 2.35. The second kappa shape index (κ2) is 3.25. The molecule has 0 saturated heterocycles.